The molecule has 0 unspecified atom stereocenters. The molecule has 0 spiro atoms. The van der Waals surface area contributed by atoms with Crippen LogP contribution in [0.15, 0.2) is 47.7 Å². The Balaban J connectivity index is 2.14. The van der Waals surface area contributed by atoms with Crippen LogP contribution in [-0.2, 0) is 6.18 Å². The molecule has 22 heavy (non-hydrogen) atoms. The van der Waals surface area contributed by atoms with Gasteiger partial charge in [-0.25, -0.2) is 4.98 Å². The number of aromatic nitrogens is 1. The van der Waals surface area contributed by atoms with E-state index in [1.54, 1.807) is 20.1 Å². The van der Waals surface area contributed by atoms with Crippen LogP contribution < -0.4 is 10.2 Å². The lowest BCUT2D eigenvalue weighted by Crippen LogP contribution is -2.06. The topological polar surface area (TPSA) is 46.5 Å². The first kappa shape index (κ1) is 15.8. The van der Waals surface area contributed by atoms with Crippen molar-refractivity contribution in [3.63, 3.8) is 0 Å². The Hall–Kier alpha value is -2.57. The molecule has 116 valence electrons. The lowest BCUT2D eigenvalue weighted by molar-refractivity contribution is -0.137. The van der Waals surface area contributed by atoms with Gasteiger partial charge in [0, 0.05) is 11.8 Å². The molecule has 1 aromatic carbocycles. The van der Waals surface area contributed by atoms with Crippen molar-refractivity contribution in [2.75, 3.05) is 12.5 Å². The van der Waals surface area contributed by atoms with Gasteiger partial charge in [0.1, 0.15) is 11.6 Å². The monoisotopic (exact) mass is 309 g/mol. The largest absolute Gasteiger partial charge is 0.496 e. The SMILES string of the molecule is COc1ccccc1/C(C)=N\Nc1ccc(C(F)(F)F)cn1. The first-order chi connectivity index (χ1) is 10.4. The molecule has 2 aromatic rings. The molecule has 0 fully saturated rings. The Kier molecular flexibility index (Phi) is 4.65. The Morgan fingerprint density at radius 1 is 1.18 bits per heavy atom. The number of methoxy groups -OCH3 is 1. The smallest absolute Gasteiger partial charge is 0.417 e. The predicted molar refractivity (Wildman–Crippen MR) is 78.1 cm³/mol. The number of para-hydroxylation sites is 1. The molecule has 0 amide bonds. The van der Waals surface area contributed by atoms with E-state index >= 15 is 0 Å². The normalized spacial score (nSPS) is 12.1. The van der Waals surface area contributed by atoms with E-state index in [1.807, 2.05) is 18.2 Å². The van der Waals surface area contributed by atoms with Crippen LogP contribution in [0.3, 0.4) is 0 Å². The molecule has 4 nitrogen and oxygen atoms in total. The molecule has 0 saturated heterocycles. The summed E-state index contributed by atoms with van der Waals surface area (Å²) in [6.45, 7) is 1.76. The Labute approximate surface area is 125 Å². The van der Waals surface area contributed by atoms with Crippen molar-refractivity contribution in [2.45, 2.75) is 13.1 Å². The number of benzene rings is 1. The number of hydrogen-bond acceptors (Lipinski definition) is 4. The first-order valence-corrected chi connectivity index (χ1v) is 6.39. The maximum Gasteiger partial charge on any atom is 0.417 e. The Morgan fingerprint density at radius 3 is 2.50 bits per heavy atom. The average Bonchev–Trinajstić information content (AvgIpc) is 2.52. The molecule has 0 aliphatic heterocycles. The molecule has 1 aromatic heterocycles. The summed E-state index contributed by atoms with van der Waals surface area (Å²) in [5.41, 5.74) is 3.23. The highest BCUT2D eigenvalue weighted by molar-refractivity contribution is 6.01. The van der Waals surface area contributed by atoms with Crippen molar-refractivity contribution >= 4 is 11.5 Å². The zero-order valence-corrected chi connectivity index (χ0v) is 12.0. The fraction of sp³-hybridized carbons (Fsp3) is 0.200. The van der Waals surface area contributed by atoms with Gasteiger partial charge in [0.05, 0.1) is 18.4 Å². The number of anilines is 1. The van der Waals surface area contributed by atoms with Crippen LogP contribution in [0.4, 0.5) is 19.0 Å². The van der Waals surface area contributed by atoms with Gasteiger partial charge in [-0.05, 0) is 31.2 Å². The van der Waals surface area contributed by atoms with Gasteiger partial charge in [-0.15, -0.1) is 0 Å². The van der Waals surface area contributed by atoms with Crippen LogP contribution in [0.5, 0.6) is 5.75 Å². The highest BCUT2D eigenvalue weighted by Gasteiger charge is 2.30. The molecule has 0 radical (unpaired) electrons. The van der Waals surface area contributed by atoms with E-state index in [0.29, 0.717) is 11.5 Å². The van der Waals surface area contributed by atoms with Gasteiger partial charge >= 0.3 is 6.18 Å². The van der Waals surface area contributed by atoms with E-state index in [2.05, 4.69) is 15.5 Å². The molecule has 0 aliphatic rings. The summed E-state index contributed by atoms with van der Waals surface area (Å²) < 4.78 is 42.5. The van der Waals surface area contributed by atoms with Crippen molar-refractivity contribution in [2.24, 2.45) is 5.10 Å². The number of nitrogens with one attached hydrogen (secondary N) is 1. The molecule has 0 aliphatic carbocycles. The minimum atomic E-state index is -4.40. The van der Waals surface area contributed by atoms with Crippen LogP contribution in [0, 0.1) is 0 Å². The summed E-state index contributed by atoms with van der Waals surface area (Å²) in [5, 5.41) is 4.11. The Morgan fingerprint density at radius 2 is 1.91 bits per heavy atom. The highest BCUT2D eigenvalue weighted by Crippen LogP contribution is 2.28. The fourth-order valence-electron chi connectivity index (χ4n) is 1.77. The fourth-order valence-corrected chi connectivity index (χ4v) is 1.77. The summed E-state index contributed by atoms with van der Waals surface area (Å²) >= 11 is 0. The minimum Gasteiger partial charge on any atom is -0.496 e. The number of hydrazone groups is 1. The lowest BCUT2D eigenvalue weighted by atomic mass is 10.1. The molecule has 0 saturated carbocycles. The summed E-state index contributed by atoms with van der Waals surface area (Å²) in [6.07, 6.45) is -3.64. The molecule has 2 rings (SSSR count). The van der Waals surface area contributed by atoms with Gasteiger partial charge in [0.25, 0.3) is 0 Å². The number of rotatable bonds is 4. The molecular weight excluding hydrogens is 295 g/mol. The van der Waals surface area contributed by atoms with Crippen LogP contribution in [0.2, 0.25) is 0 Å². The summed E-state index contributed by atoms with van der Waals surface area (Å²) in [5.74, 6) is 0.883. The second kappa shape index (κ2) is 6.46. The number of halogens is 3. The molecule has 1 N–H and O–H groups in total. The number of hydrogen-bond donors (Lipinski definition) is 1. The molecular formula is C15H14F3N3O. The third kappa shape index (κ3) is 3.75. The van der Waals surface area contributed by atoms with Gasteiger partial charge < -0.3 is 4.74 Å². The number of ether oxygens (including phenoxy) is 1. The van der Waals surface area contributed by atoms with Crippen LogP contribution in [0.1, 0.15) is 18.1 Å². The van der Waals surface area contributed by atoms with E-state index in [4.69, 9.17) is 4.74 Å². The molecule has 1 heterocycles. The van der Waals surface area contributed by atoms with Crippen molar-refractivity contribution < 1.29 is 17.9 Å². The number of alkyl halides is 3. The third-order valence-corrected chi connectivity index (χ3v) is 2.93. The van der Waals surface area contributed by atoms with Gasteiger partial charge in [0.2, 0.25) is 0 Å². The summed E-state index contributed by atoms with van der Waals surface area (Å²) in [4.78, 5) is 3.68. The van der Waals surface area contributed by atoms with Crippen LogP contribution >= 0.6 is 0 Å². The van der Waals surface area contributed by atoms with Gasteiger partial charge in [-0.2, -0.15) is 18.3 Å². The first-order valence-electron chi connectivity index (χ1n) is 6.39. The van der Waals surface area contributed by atoms with E-state index in [1.165, 1.54) is 6.07 Å². The second-order valence-electron chi connectivity index (χ2n) is 4.44. The van der Waals surface area contributed by atoms with Crippen molar-refractivity contribution in [3.05, 3.63) is 53.7 Å². The molecule has 7 heteroatoms. The van der Waals surface area contributed by atoms with E-state index in [9.17, 15) is 13.2 Å². The maximum atomic E-state index is 12.4. The van der Waals surface area contributed by atoms with Gasteiger partial charge in [-0.3, -0.25) is 5.43 Å². The zero-order valence-electron chi connectivity index (χ0n) is 12.0. The van der Waals surface area contributed by atoms with Crippen LogP contribution in [-0.4, -0.2) is 17.8 Å². The lowest BCUT2D eigenvalue weighted by Gasteiger charge is -2.09. The van der Waals surface area contributed by atoms with Crippen molar-refractivity contribution in [1.29, 1.82) is 0 Å². The van der Waals surface area contributed by atoms with Crippen molar-refractivity contribution in [3.8, 4) is 5.75 Å². The van der Waals surface area contributed by atoms with Crippen LogP contribution in [0.25, 0.3) is 0 Å². The average molecular weight is 309 g/mol. The van der Waals surface area contributed by atoms with E-state index in [0.717, 1.165) is 17.8 Å². The number of nitrogens with zero attached hydrogens (tertiary/aromatic N) is 2. The molecule has 0 atom stereocenters. The van der Waals surface area contributed by atoms with E-state index < -0.39 is 11.7 Å². The van der Waals surface area contributed by atoms with Gasteiger partial charge in [0.15, 0.2) is 0 Å². The molecule has 0 bridgehead atoms. The van der Waals surface area contributed by atoms with Gasteiger partial charge in [-0.1, -0.05) is 12.1 Å². The van der Waals surface area contributed by atoms with E-state index in [-0.39, 0.29) is 5.82 Å². The maximum absolute atomic E-state index is 12.4. The summed E-state index contributed by atoms with van der Waals surface area (Å²) in [7, 11) is 1.55. The summed E-state index contributed by atoms with van der Waals surface area (Å²) in [6, 6.07) is 9.48. The Bertz CT molecular complexity index is 666. The van der Waals surface area contributed by atoms with Crippen molar-refractivity contribution in [1.82, 2.24) is 4.98 Å². The second-order valence-corrected chi connectivity index (χ2v) is 4.44. The highest BCUT2D eigenvalue weighted by atomic mass is 19.4. The third-order valence-electron chi connectivity index (χ3n) is 2.93. The standard InChI is InChI=1S/C15H14F3N3O/c1-10(12-5-3-4-6-13(12)22-2)20-21-14-8-7-11(9-19-14)15(16,17)18/h3-9H,1-2H3,(H,19,21)/b20-10-. The predicted octanol–water partition coefficient (Wildman–Crippen LogP) is 3.95. The zero-order chi connectivity index (χ0) is 16.2. The minimum absolute atomic E-state index is 0.224. The number of pyridine rings is 1. The quantitative estimate of drug-likeness (QED) is 0.687.